The van der Waals surface area contributed by atoms with E-state index in [1.54, 1.807) is 0 Å². The lowest BCUT2D eigenvalue weighted by molar-refractivity contribution is 0.00768. The van der Waals surface area contributed by atoms with Crippen LogP contribution < -0.4 is 5.32 Å². The van der Waals surface area contributed by atoms with Crippen LogP contribution in [0.1, 0.15) is 31.3 Å². The number of hydrogen-bond acceptors (Lipinski definition) is 7. The Balaban J connectivity index is 1.99. The van der Waals surface area contributed by atoms with Crippen molar-refractivity contribution in [2.45, 2.75) is 32.3 Å². The molecule has 0 saturated carbocycles. The zero-order chi connectivity index (χ0) is 13.5. The predicted molar refractivity (Wildman–Crippen MR) is 72.2 cm³/mol. The standard InChI is InChI=1S/C12H16N4O2S/c1-7-8(10(13-3)19-16-7)9-14-11(15-18-9)12(2)5-4-6-17-12/h13H,4-6H2,1-3H3. The summed E-state index contributed by atoms with van der Waals surface area (Å²) in [5, 5.41) is 8.12. The number of aromatic nitrogens is 3. The zero-order valence-electron chi connectivity index (χ0n) is 11.2. The highest BCUT2D eigenvalue weighted by Crippen LogP contribution is 2.37. The average Bonchev–Trinajstić information content (AvgIpc) is 3.08. The molecule has 1 atom stereocenters. The van der Waals surface area contributed by atoms with Gasteiger partial charge in [-0.3, -0.25) is 0 Å². The minimum atomic E-state index is -0.418. The van der Waals surface area contributed by atoms with Gasteiger partial charge in [-0.05, 0) is 38.2 Å². The van der Waals surface area contributed by atoms with Gasteiger partial charge < -0.3 is 14.6 Å². The molecule has 0 amide bonds. The van der Waals surface area contributed by atoms with Crippen molar-refractivity contribution in [2.24, 2.45) is 0 Å². The summed E-state index contributed by atoms with van der Waals surface area (Å²) in [5.74, 6) is 1.12. The maximum absolute atomic E-state index is 5.73. The molecule has 1 aliphatic heterocycles. The van der Waals surface area contributed by atoms with E-state index in [0.29, 0.717) is 11.7 Å². The maximum atomic E-state index is 5.73. The molecule has 1 aliphatic rings. The Morgan fingerprint density at radius 2 is 2.26 bits per heavy atom. The Bertz CT molecular complexity index is 586. The van der Waals surface area contributed by atoms with Crippen molar-refractivity contribution in [1.82, 2.24) is 14.5 Å². The molecule has 2 aromatic rings. The first-order valence-corrected chi connectivity index (χ1v) is 7.04. The molecule has 102 valence electrons. The normalized spacial score (nSPS) is 22.9. The fourth-order valence-corrected chi connectivity index (χ4v) is 3.02. The second-order valence-electron chi connectivity index (χ2n) is 4.83. The zero-order valence-corrected chi connectivity index (χ0v) is 12.0. The molecule has 1 unspecified atom stereocenters. The number of anilines is 1. The third kappa shape index (κ3) is 2.02. The SMILES string of the molecule is CNc1snc(C)c1-c1nc(C2(C)CCCO2)no1. The fourth-order valence-electron chi connectivity index (χ4n) is 2.29. The van der Waals surface area contributed by atoms with Crippen LogP contribution in [-0.2, 0) is 10.3 Å². The fraction of sp³-hybridized carbons (Fsp3) is 0.583. The van der Waals surface area contributed by atoms with Crippen LogP contribution in [0.3, 0.4) is 0 Å². The highest BCUT2D eigenvalue weighted by molar-refractivity contribution is 7.10. The molecular formula is C12H16N4O2S. The van der Waals surface area contributed by atoms with Crippen LogP contribution in [-0.4, -0.2) is 28.2 Å². The van der Waals surface area contributed by atoms with Crippen LogP contribution in [0.15, 0.2) is 4.52 Å². The van der Waals surface area contributed by atoms with Crippen molar-refractivity contribution in [2.75, 3.05) is 19.0 Å². The highest BCUT2D eigenvalue weighted by Gasteiger charge is 2.37. The second kappa shape index (κ2) is 4.57. The molecule has 3 rings (SSSR count). The number of nitrogens with zero attached hydrogens (tertiary/aromatic N) is 3. The number of ether oxygens (including phenoxy) is 1. The van der Waals surface area contributed by atoms with Gasteiger partial charge in [-0.15, -0.1) is 0 Å². The molecule has 3 heterocycles. The van der Waals surface area contributed by atoms with E-state index >= 15 is 0 Å². The van der Waals surface area contributed by atoms with Crippen molar-refractivity contribution in [3.8, 4) is 11.5 Å². The number of nitrogens with one attached hydrogen (secondary N) is 1. The molecular weight excluding hydrogens is 264 g/mol. The van der Waals surface area contributed by atoms with Gasteiger partial charge in [-0.25, -0.2) is 0 Å². The van der Waals surface area contributed by atoms with Crippen LogP contribution in [0, 0.1) is 6.92 Å². The molecule has 0 aliphatic carbocycles. The molecule has 0 aromatic carbocycles. The Labute approximate surface area is 115 Å². The van der Waals surface area contributed by atoms with E-state index < -0.39 is 5.60 Å². The van der Waals surface area contributed by atoms with Gasteiger partial charge in [0.15, 0.2) is 0 Å². The van der Waals surface area contributed by atoms with Gasteiger partial charge >= 0.3 is 0 Å². The first-order valence-electron chi connectivity index (χ1n) is 6.26. The molecule has 6 nitrogen and oxygen atoms in total. The topological polar surface area (TPSA) is 73.1 Å². The van der Waals surface area contributed by atoms with E-state index in [4.69, 9.17) is 9.26 Å². The van der Waals surface area contributed by atoms with E-state index in [2.05, 4.69) is 19.8 Å². The summed E-state index contributed by atoms with van der Waals surface area (Å²) in [6.07, 6.45) is 1.95. The summed E-state index contributed by atoms with van der Waals surface area (Å²) in [7, 11) is 1.86. The van der Waals surface area contributed by atoms with Crippen molar-refractivity contribution >= 4 is 16.5 Å². The molecule has 7 heteroatoms. The number of rotatable bonds is 3. The molecule has 1 saturated heterocycles. The number of hydrogen-bond donors (Lipinski definition) is 1. The molecule has 2 aromatic heterocycles. The van der Waals surface area contributed by atoms with Gasteiger partial charge in [-0.2, -0.15) is 9.36 Å². The highest BCUT2D eigenvalue weighted by atomic mass is 32.1. The summed E-state index contributed by atoms with van der Waals surface area (Å²) in [5.41, 5.74) is 1.36. The Morgan fingerprint density at radius 1 is 1.42 bits per heavy atom. The first kappa shape index (κ1) is 12.6. The summed E-state index contributed by atoms with van der Waals surface area (Å²) < 4.78 is 15.4. The summed E-state index contributed by atoms with van der Waals surface area (Å²) in [6.45, 7) is 4.69. The largest absolute Gasteiger partial charge is 0.378 e. The van der Waals surface area contributed by atoms with E-state index in [-0.39, 0.29) is 0 Å². The molecule has 1 fully saturated rings. The van der Waals surface area contributed by atoms with Gasteiger partial charge in [0, 0.05) is 13.7 Å². The summed E-state index contributed by atoms with van der Waals surface area (Å²) in [4.78, 5) is 4.50. The van der Waals surface area contributed by atoms with Crippen molar-refractivity contribution in [3.63, 3.8) is 0 Å². The minimum absolute atomic E-state index is 0.418. The molecule has 0 radical (unpaired) electrons. The van der Waals surface area contributed by atoms with Crippen molar-refractivity contribution in [3.05, 3.63) is 11.5 Å². The Kier molecular flexibility index (Phi) is 3.02. The van der Waals surface area contributed by atoms with Gasteiger partial charge in [-0.1, -0.05) is 5.16 Å². The monoisotopic (exact) mass is 280 g/mol. The van der Waals surface area contributed by atoms with Gasteiger partial charge in [0.2, 0.25) is 5.82 Å². The maximum Gasteiger partial charge on any atom is 0.262 e. The third-order valence-corrected chi connectivity index (χ3v) is 4.38. The van der Waals surface area contributed by atoms with Crippen LogP contribution in [0.4, 0.5) is 5.00 Å². The van der Waals surface area contributed by atoms with E-state index in [0.717, 1.165) is 35.7 Å². The molecule has 19 heavy (non-hydrogen) atoms. The molecule has 0 bridgehead atoms. The Morgan fingerprint density at radius 3 is 2.95 bits per heavy atom. The van der Waals surface area contributed by atoms with Crippen LogP contribution in [0.5, 0.6) is 0 Å². The summed E-state index contributed by atoms with van der Waals surface area (Å²) in [6, 6.07) is 0. The van der Waals surface area contributed by atoms with Crippen molar-refractivity contribution in [1.29, 1.82) is 0 Å². The predicted octanol–water partition coefficient (Wildman–Crippen LogP) is 2.57. The van der Waals surface area contributed by atoms with E-state index in [9.17, 15) is 0 Å². The summed E-state index contributed by atoms with van der Waals surface area (Å²) >= 11 is 1.39. The van der Waals surface area contributed by atoms with Gasteiger partial charge in [0.25, 0.3) is 5.89 Å². The van der Waals surface area contributed by atoms with Gasteiger partial charge in [0.05, 0.1) is 11.3 Å². The quantitative estimate of drug-likeness (QED) is 0.931. The number of aryl methyl sites for hydroxylation is 1. The average molecular weight is 280 g/mol. The first-order chi connectivity index (χ1) is 9.14. The smallest absolute Gasteiger partial charge is 0.262 e. The van der Waals surface area contributed by atoms with Crippen molar-refractivity contribution < 1.29 is 9.26 Å². The molecule has 1 N–H and O–H groups in total. The Hall–Kier alpha value is -1.47. The van der Waals surface area contributed by atoms with Gasteiger partial charge in [0.1, 0.15) is 10.6 Å². The lowest BCUT2D eigenvalue weighted by atomic mass is 10.0. The van der Waals surface area contributed by atoms with E-state index in [1.165, 1.54) is 11.5 Å². The second-order valence-corrected chi connectivity index (χ2v) is 5.60. The lowest BCUT2D eigenvalue weighted by Crippen LogP contribution is -2.21. The minimum Gasteiger partial charge on any atom is -0.378 e. The van der Waals surface area contributed by atoms with E-state index in [1.807, 2.05) is 20.9 Å². The van der Waals surface area contributed by atoms with Crippen LogP contribution in [0.25, 0.3) is 11.5 Å². The lowest BCUT2D eigenvalue weighted by Gasteiger charge is -2.17. The van der Waals surface area contributed by atoms with Crippen LogP contribution >= 0.6 is 11.5 Å². The third-order valence-electron chi connectivity index (χ3n) is 3.42. The molecule has 0 spiro atoms. The van der Waals surface area contributed by atoms with Crippen LogP contribution in [0.2, 0.25) is 0 Å².